The molecule has 6 nitrogen and oxygen atoms in total. The second kappa shape index (κ2) is 10.1. The molecule has 4 rings (SSSR count). The molecule has 1 aliphatic heterocycles. The smallest absolute Gasteiger partial charge is 0.254 e. The largest absolute Gasteiger partial charge is 0.362 e. The quantitative estimate of drug-likeness (QED) is 0.540. The molecule has 1 aromatic heterocycles. The zero-order chi connectivity index (χ0) is 23.3. The van der Waals surface area contributed by atoms with Crippen LogP contribution in [-0.2, 0) is 29.5 Å². The SMILES string of the molecule is C=CCNC(=O)[C@]1(Cc2ccc(-c3cccc(C)c3)cc2)CN(Cc2cnn(C)c2)CCO1. The van der Waals surface area contributed by atoms with Gasteiger partial charge in [-0.3, -0.25) is 14.4 Å². The van der Waals surface area contributed by atoms with Crippen LogP contribution < -0.4 is 5.32 Å². The van der Waals surface area contributed by atoms with E-state index in [0.717, 1.165) is 29.8 Å². The third-order valence-electron chi connectivity index (χ3n) is 6.05. The monoisotopic (exact) mass is 444 g/mol. The van der Waals surface area contributed by atoms with E-state index in [0.29, 0.717) is 26.1 Å². The number of nitrogens with zero attached hydrogens (tertiary/aromatic N) is 3. The number of carbonyl (C=O) groups is 1. The van der Waals surface area contributed by atoms with Gasteiger partial charge in [-0.15, -0.1) is 6.58 Å². The van der Waals surface area contributed by atoms with Crippen molar-refractivity contribution >= 4 is 5.91 Å². The first-order chi connectivity index (χ1) is 16.0. The Morgan fingerprint density at radius 1 is 1.21 bits per heavy atom. The van der Waals surface area contributed by atoms with E-state index in [4.69, 9.17) is 4.74 Å². The Hall–Kier alpha value is -3.22. The Balaban J connectivity index is 1.54. The van der Waals surface area contributed by atoms with Gasteiger partial charge < -0.3 is 10.1 Å². The number of aryl methyl sites for hydroxylation is 2. The number of rotatable bonds is 8. The Bertz CT molecular complexity index is 1110. The van der Waals surface area contributed by atoms with Gasteiger partial charge in [0.1, 0.15) is 0 Å². The summed E-state index contributed by atoms with van der Waals surface area (Å²) < 4.78 is 8.02. The first-order valence-corrected chi connectivity index (χ1v) is 11.4. The highest BCUT2D eigenvalue weighted by molar-refractivity contribution is 5.86. The molecule has 1 N–H and O–H groups in total. The summed E-state index contributed by atoms with van der Waals surface area (Å²) in [5.41, 5.74) is 4.84. The molecule has 2 aromatic carbocycles. The van der Waals surface area contributed by atoms with Crippen LogP contribution in [0.3, 0.4) is 0 Å². The maximum absolute atomic E-state index is 13.3. The molecule has 1 aliphatic rings. The van der Waals surface area contributed by atoms with Crippen molar-refractivity contribution in [3.05, 3.63) is 90.3 Å². The molecule has 0 aliphatic carbocycles. The van der Waals surface area contributed by atoms with Gasteiger partial charge in [0.25, 0.3) is 5.91 Å². The topological polar surface area (TPSA) is 59.4 Å². The number of amides is 1. The van der Waals surface area contributed by atoms with Gasteiger partial charge in [-0.25, -0.2) is 0 Å². The van der Waals surface area contributed by atoms with E-state index in [1.54, 1.807) is 10.8 Å². The van der Waals surface area contributed by atoms with Crippen LogP contribution in [0.2, 0.25) is 0 Å². The number of benzene rings is 2. The number of ether oxygens (including phenoxy) is 1. The molecule has 1 amide bonds. The van der Waals surface area contributed by atoms with Gasteiger partial charge in [-0.1, -0.05) is 60.2 Å². The van der Waals surface area contributed by atoms with Crippen LogP contribution in [0.15, 0.2) is 73.6 Å². The van der Waals surface area contributed by atoms with Gasteiger partial charge in [0.2, 0.25) is 0 Å². The van der Waals surface area contributed by atoms with Crippen molar-refractivity contribution in [2.45, 2.75) is 25.5 Å². The van der Waals surface area contributed by atoms with Gasteiger partial charge >= 0.3 is 0 Å². The van der Waals surface area contributed by atoms with E-state index in [2.05, 4.69) is 77.3 Å². The number of hydrogen-bond donors (Lipinski definition) is 1. The molecule has 2 heterocycles. The summed E-state index contributed by atoms with van der Waals surface area (Å²) in [4.78, 5) is 15.6. The first-order valence-electron chi connectivity index (χ1n) is 11.4. The van der Waals surface area contributed by atoms with Gasteiger partial charge in [-0.2, -0.15) is 5.10 Å². The van der Waals surface area contributed by atoms with Crippen LogP contribution in [-0.4, -0.2) is 52.4 Å². The van der Waals surface area contributed by atoms with Crippen LogP contribution in [0.25, 0.3) is 11.1 Å². The molecule has 0 spiro atoms. The molecule has 1 saturated heterocycles. The predicted molar refractivity (Wildman–Crippen MR) is 131 cm³/mol. The van der Waals surface area contributed by atoms with Crippen LogP contribution in [0.5, 0.6) is 0 Å². The molecule has 172 valence electrons. The lowest BCUT2D eigenvalue weighted by molar-refractivity contribution is -0.160. The summed E-state index contributed by atoms with van der Waals surface area (Å²) in [7, 11) is 1.91. The number of carbonyl (C=O) groups excluding carboxylic acids is 1. The lowest BCUT2D eigenvalue weighted by Crippen LogP contribution is -2.61. The third kappa shape index (κ3) is 5.59. The number of nitrogens with one attached hydrogen (secondary N) is 1. The highest BCUT2D eigenvalue weighted by atomic mass is 16.5. The zero-order valence-corrected chi connectivity index (χ0v) is 19.5. The fourth-order valence-electron chi connectivity index (χ4n) is 4.42. The lowest BCUT2D eigenvalue weighted by atomic mass is 9.90. The van der Waals surface area contributed by atoms with Gasteiger partial charge in [0.05, 0.1) is 12.8 Å². The summed E-state index contributed by atoms with van der Waals surface area (Å²) in [6.07, 6.45) is 6.09. The van der Waals surface area contributed by atoms with Crippen molar-refractivity contribution in [2.75, 3.05) is 26.2 Å². The number of hydrogen-bond acceptors (Lipinski definition) is 4. The summed E-state index contributed by atoms with van der Waals surface area (Å²) in [6, 6.07) is 16.9. The molecule has 0 radical (unpaired) electrons. The van der Waals surface area contributed by atoms with Crippen molar-refractivity contribution in [1.82, 2.24) is 20.0 Å². The summed E-state index contributed by atoms with van der Waals surface area (Å²) in [6.45, 7) is 8.77. The van der Waals surface area contributed by atoms with Crippen molar-refractivity contribution in [1.29, 1.82) is 0 Å². The minimum absolute atomic E-state index is 0.0963. The normalized spacial score (nSPS) is 18.7. The average Bonchev–Trinajstić information content (AvgIpc) is 3.22. The van der Waals surface area contributed by atoms with Crippen LogP contribution in [0, 0.1) is 6.92 Å². The highest BCUT2D eigenvalue weighted by Crippen LogP contribution is 2.27. The fourth-order valence-corrected chi connectivity index (χ4v) is 4.42. The molecule has 3 aromatic rings. The van der Waals surface area contributed by atoms with Crippen molar-refractivity contribution in [3.8, 4) is 11.1 Å². The van der Waals surface area contributed by atoms with Gasteiger partial charge in [-0.05, 0) is 23.6 Å². The van der Waals surface area contributed by atoms with Crippen molar-refractivity contribution < 1.29 is 9.53 Å². The van der Waals surface area contributed by atoms with Crippen molar-refractivity contribution in [2.24, 2.45) is 7.05 Å². The molecular formula is C27H32N4O2. The number of morpholine rings is 1. The first kappa shape index (κ1) is 23.0. The van der Waals surface area contributed by atoms with E-state index >= 15 is 0 Å². The van der Waals surface area contributed by atoms with Crippen molar-refractivity contribution in [3.63, 3.8) is 0 Å². The van der Waals surface area contributed by atoms with Gasteiger partial charge in [0.15, 0.2) is 5.60 Å². The minimum Gasteiger partial charge on any atom is -0.362 e. The summed E-state index contributed by atoms with van der Waals surface area (Å²) in [5, 5.41) is 7.24. The van der Waals surface area contributed by atoms with E-state index in [-0.39, 0.29) is 5.91 Å². The highest BCUT2D eigenvalue weighted by Gasteiger charge is 2.43. The summed E-state index contributed by atoms with van der Waals surface area (Å²) in [5.74, 6) is -0.0963. The molecule has 6 heteroatoms. The number of aromatic nitrogens is 2. The van der Waals surface area contributed by atoms with E-state index in [1.165, 1.54) is 11.1 Å². The minimum atomic E-state index is -0.950. The lowest BCUT2D eigenvalue weighted by Gasteiger charge is -2.41. The predicted octanol–water partition coefficient (Wildman–Crippen LogP) is 3.51. The Kier molecular flexibility index (Phi) is 7.06. The second-order valence-electron chi connectivity index (χ2n) is 8.82. The summed E-state index contributed by atoms with van der Waals surface area (Å²) >= 11 is 0. The van der Waals surface area contributed by atoms with Gasteiger partial charge in [0, 0.05) is 51.4 Å². The van der Waals surface area contributed by atoms with Crippen LogP contribution in [0.4, 0.5) is 0 Å². The zero-order valence-electron chi connectivity index (χ0n) is 19.5. The maximum Gasteiger partial charge on any atom is 0.254 e. The third-order valence-corrected chi connectivity index (χ3v) is 6.05. The maximum atomic E-state index is 13.3. The van der Waals surface area contributed by atoms with E-state index < -0.39 is 5.60 Å². The Morgan fingerprint density at radius 2 is 2.03 bits per heavy atom. The Morgan fingerprint density at radius 3 is 2.73 bits per heavy atom. The molecule has 0 bridgehead atoms. The fraction of sp³-hybridized carbons (Fsp3) is 0.333. The molecule has 0 unspecified atom stereocenters. The molecular weight excluding hydrogens is 412 g/mol. The van der Waals surface area contributed by atoms with Crippen LogP contribution in [0.1, 0.15) is 16.7 Å². The average molecular weight is 445 g/mol. The standard InChI is InChI=1S/C27H32N4O2/c1-4-12-28-26(32)27(20-31(13-14-33-27)19-23-17-29-30(3)18-23)16-22-8-10-24(11-9-22)25-7-5-6-21(2)15-25/h4-11,15,17-18H,1,12-14,16,19-20H2,2-3H3,(H,28,32)/t27-/m0/s1. The second-order valence-corrected chi connectivity index (χ2v) is 8.82. The molecule has 33 heavy (non-hydrogen) atoms. The molecule has 1 fully saturated rings. The molecule has 0 saturated carbocycles. The van der Waals surface area contributed by atoms with Crippen LogP contribution >= 0.6 is 0 Å². The molecule has 1 atom stereocenters. The van der Waals surface area contributed by atoms with E-state index in [9.17, 15) is 4.79 Å². The van der Waals surface area contributed by atoms with E-state index in [1.807, 2.05) is 19.4 Å². The Labute approximate surface area is 195 Å².